The van der Waals surface area contributed by atoms with E-state index in [-0.39, 0.29) is 0 Å². The molecule has 4 rings (SSSR count). The first-order valence-electron chi connectivity index (χ1n) is 5.82. The smallest absolute Gasteiger partial charge is 0.235 e. The van der Waals surface area contributed by atoms with Crippen molar-refractivity contribution in [3.8, 4) is 0 Å². The van der Waals surface area contributed by atoms with E-state index in [1.54, 1.807) is 0 Å². The molecule has 0 aliphatic rings. The second kappa shape index (κ2) is 3.26. The highest BCUT2D eigenvalue weighted by molar-refractivity contribution is 5.89. The second-order valence-corrected chi connectivity index (χ2v) is 4.32. The van der Waals surface area contributed by atoms with Gasteiger partial charge in [-0.25, -0.2) is 9.97 Å². The Bertz CT molecular complexity index is 892. The van der Waals surface area contributed by atoms with E-state index >= 15 is 0 Å². The first-order chi connectivity index (χ1) is 8.84. The molecule has 0 aliphatic heterocycles. The number of imidazole rings is 1. The maximum atomic E-state index is 4.53. The normalized spacial score (nSPS) is 11.6. The molecule has 3 aromatic heterocycles. The third kappa shape index (κ3) is 1.12. The summed E-state index contributed by atoms with van der Waals surface area (Å²) in [5, 5.41) is 1.06. The van der Waals surface area contributed by atoms with Crippen molar-refractivity contribution in [2.24, 2.45) is 0 Å². The zero-order valence-electron chi connectivity index (χ0n) is 9.83. The minimum absolute atomic E-state index is 0.731. The van der Waals surface area contributed by atoms with Crippen LogP contribution in [0.2, 0.25) is 0 Å². The predicted octanol–water partition coefficient (Wildman–Crippen LogP) is 2.74. The zero-order chi connectivity index (χ0) is 12.1. The molecular weight excluding hydrogens is 224 g/mol. The van der Waals surface area contributed by atoms with Gasteiger partial charge in [-0.1, -0.05) is 12.1 Å². The van der Waals surface area contributed by atoms with E-state index in [1.165, 1.54) is 0 Å². The van der Waals surface area contributed by atoms with Gasteiger partial charge >= 0.3 is 0 Å². The summed E-state index contributed by atoms with van der Waals surface area (Å²) in [4.78, 5) is 13.3. The van der Waals surface area contributed by atoms with Gasteiger partial charge in [-0.15, -0.1) is 0 Å². The van der Waals surface area contributed by atoms with Crippen LogP contribution >= 0.6 is 0 Å². The average Bonchev–Trinajstić information content (AvgIpc) is 2.77. The summed E-state index contributed by atoms with van der Waals surface area (Å²) in [7, 11) is 0. The summed E-state index contributed by atoms with van der Waals surface area (Å²) in [5.41, 5.74) is 4.13. The van der Waals surface area contributed by atoms with Crippen LogP contribution in [0.4, 0.5) is 0 Å². The summed E-state index contributed by atoms with van der Waals surface area (Å²) in [6.07, 6.45) is 3.67. The Kier molecular flexibility index (Phi) is 1.73. The maximum Gasteiger partial charge on any atom is 0.235 e. The van der Waals surface area contributed by atoms with Crippen molar-refractivity contribution in [3.05, 3.63) is 48.4 Å². The van der Waals surface area contributed by atoms with Crippen LogP contribution in [0, 0.1) is 6.92 Å². The molecule has 0 amide bonds. The van der Waals surface area contributed by atoms with Crippen LogP contribution in [0.1, 0.15) is 5.69 Å². The molecule has 0 radical (unpaired) electrons. The van der Waals surface area contributed by atoms with Gasteiger partial charge in [-0.05, 0) is 25.1 Å². The van der Waals surface area contributed by atoms with Crippen molar-refractivity contribution in [1.29, 1.82) is 0 Å². The molecule has 0 saturated carbocycles. The topological polar surface area (TPSA) is 43.1 Å². The Hall–Kier alpha value is -2.49. The van der Waals surface area contributed by atoms with Gasteiger partial charge in [0.15, 0.2) is 0 Å². The van der Waals surface area contributed by atoms with Crippen LogP contribution in [-0.2, 0) is 0 Å². The number of benzene rings is 1. The molecule has 0 bridgehead atoms. The monoisotopic (exact) mass is 234 g/mol. The Morgan fingerprint density at radius 2 is 1.89 bits per heavy atom. The van der Waals surface area contributed by atoms with Crippen molar-refractivity contribution in [2.75, 3.05) is 0 Å². The lowest BCUT2D eigenvalue weighted by Crippen LogP contribution is -1.94. The first kappa shape index (κ1) is 9.53. The van der Waals surface area contributed by atoms with E-state index in [4.69, 9.17) is 0 Å². The van der Waals surface area contributed by atoms with E-state index in [0.717, 1.165) is 33.4 Å². The molecule has 0 fully saturated rings. The number of hydrogen-bond donors (Lipinski definition) is 0. The van der Waals surface area contributed by atoms with Crippen LogP contribution in [-0.4, -0.2) is 19.4 Å². The lowest BCUT2D eigenvalue weighted by molar-refractivity contribution is 1.15. The molecule has 0 aliphatic carbocycles. The van der Waals surface area contributed by atoms with Gasteiger partial charge < -0.3 is 0 Å². The van der Waals surface area contributed by atoms with Gasteiger partial charge in [0, 0.05) is 23.5 Å². The Balaban J connectivity index is 2.37. The van der Waals surface area contributed by atoms with E-state index in [2.05, 4.69) is 25.4 Å². The van der Waals surface area contributed by atoms with Gasteiger partial charge in [0.2, 0.25) is 5.78 Å². The minimum atomic E-state index is 0.731. The molecule has 18 heavy (non-hydrogen) atoms. The van der Waals surface area contributed by atoms with Crippen molar-refractivity contribution in [2.45, 2.75) is 6.92 Å². The van der Waals surface area contributed by atoms with Crippen LogP contribution in [0.3, 0.4) is 0 Å². The number of rotatable bonds is 0. The molecular formula is C14H10N4. The van der Waals surface area contributed by atoms with Crippen LogP contribution in [0.5, 0.6) is 0 Å². The molecule has 1 aromatic carbocycles. The molecule has 86 valence electrons. The van der Waals surface area contributed by atoms with Crippen molar-refractivity contribution < 1.29 is 0 Å². The van der Waals surface area contributed by atoms with E-state index in [9.17, 15) is 0 Å². The molecule has 0 N–H and O–H groups in total. The fourth-order valence-corrected chi connectivity index (χ4v) is 2.38. The number of hydrogen-bond acceptors (Lipinski definition) is 3. The number of nitrogens with zero attached hydrogens (tertiary/aromatic N) is 4. The Labute approximate surface area is 103 Å². The fraction of sp³-hybridized carbons (Fsp3) is 0.0714. The summed E-state index contributed by atoms with van der Waals surface area (Å²) in [6, 6.07) is 10.1. The van der Waals surface area contributed by atoms with Crippen LogP contribution < -0.4 is 0 Å². The van der Waals surface area contributed by atoms with Crippen molar-refractivity contribution >= 4 is 27.7 Å². The number of pyridine rings is 1. The summed E-state index contributed by atoms with van der Waals surface area (Å²) in [5.74, 6) is 0.731. The minimum Gasteiger partial charge on any atom is -0.276 e. The van der Waals surface area contributed by atoms with Crippen molar-refractivity contribution in [1.82, 2.24) is 19.4 Å². The quantitative estimate of drug-likeness (QED) is 0.470. The number of aromatic nitrogens is 4. The predicted molar refractivity (Wildman–Crippen MR) is 70.5 cm³/mol. The molecule has 4 heteroatoms. The molecule has 0 spiro atoms. The highest BCUT2D eigenvalue weighted by atomic mass is 15.1. The molecule has 4 nitrogen and oxygen atoms in total. The Morgan fingerprint density at radius 1 is 1.00 bits per heavy atom. The highest BCUT2D eigenvalue weighted by Crippen LogP contribution is 2.22. The van der Waals surface area contributed by atoms with Gasteiger partial charge in [-0.2, -0.15) is 0 Å². The zero-order valence-corrected chi connectivity index (χ0v) is 9.83. The second-order valence-electron chi connectivity index (χ2n) is 4.32. The van der Waals surface area contributed by atoms with E-state index in [0.29, 0.717) is 0 Å². The summed E-state index contributed by atoms with van der Waals surface area (Å²) < 4.78 is 2.08. The fourth-order valence-electron chi connectivity index (χ4n) is 2.38. The van der Waals surface area contributed by atoms with Gasteiger partial charge in [0.05, 0.1) is 16.6 Å². The van der Waals surface area contributed by atoms with Gasteiger partial charge in [-0.3, -0.25) is 9.38 Å². The highest BCUT2D eigenvalue weighted by Gasteiger charge is 2.09. The number of para-hydroxylation sites is 2. The first-order valence-corrected chi connectivity index (χ1v) is 5.82. The standard InChI is InChI=1S/C14H10N4/c1-9-10-8-16-14-17-11-4-2-3-5-13(11)18(14)12(10)6-7-15-9/h2-8H,1H3. The molecule has 0 unspecified atom stereocenters. The molecule has 4 aromatic rings. The lowest BCUT2D eigenvalue weighted by atomic mass is 10.2. The van der Waals surface area contributed by atoms with Crippen LogP contribution in [0.25, 0.3) is 27.7 Å². The molecule has 3 heterocycles. The maximum absolute atomic E-state index is 4.53. The largest absolute Gasteiger partial charge is 0.276 e. The number of fused-ring (bicyclic) bond motifs is 5. The third-order valence-electron chi connectivity index (χ3n) is 3.26. The summed E-state index contributed by atoms with van der Waals surface area (Å²) >= 11 is 0. The van der Waals surface area contributed by atoms with Gasteiger partial charge in [0.1, 0.15) is 0 Å². The van der Waals surface area contributed by atoms with E-state index in [1.807, 2.05) is 43.6 Å². The SMILES string of the molecule is Cc1nccc2c1cnc1nc3ccccc3n12. The Morgan fingerprint density at radius 3 is 2.83 bits per heavy atom. The average molecular weight is 234 g/mol. The third-order valence-corrected chi connectivity index (χ3v) is 3.26. The molecule has 0 atom stereocenters. The van der Waals surface area contributed by atoms with Crippen molar-refractivity contribution in [3.63, 3.8) is 0 Å². The van der Waals surface area contributed by atoms with Crippen LogP contribution in [0.15, 0.2) is 42.7 Å². The number of aryl methyl sites for hydroxylation is 1. The van der Waals surface area contributed by atoms with Gasteiger partial charge in [0.25, 0.3) is 0 Å². The summed E-state index contributed by atoms with van der Waals surface area (Å²) in [6.45, 7) is 2.00. The molecule has 0 saturated heterocycles. The van der Waals surface area contributed by atoms with E-state index < -0.39 is 0 Å². The lowest BCUT2D eigenvalue weighted by Gasteiger charge is -2.03.